The van der Waals surface area contributed by atoms with Crippen LogP contribution in [0.5, 0.6) is 0 Å². The van der Waals surface area contributed by atoms with Crippen molar-refractivity contribution in [2.24, 2.45) is 17.8 Å². The summed E-state index contributed by atoms with van der Waals surface area (Å²) in [6, 6.07) is 4.36. The maximum absolute atomic E-state index is 14.0. The van der Waals surface area contributed by atoms with Crippen LogP contribution in [0.4, 0.5) is 19.0 Å². The Bertz CT molecular complexity index is 1060. The van der Waals surface area contributed by atoms with Gasteiger partial charge in [0, 0.05) is 17.0 Å². The topological polar surface area (TPSA) is 59.0 Å². The van der Waals surface area contributed by atoms with Gasteiger partial charge in [-0.15, -0.1) is 0 Å². The Morgan fingerprint density at radius 3 is 2.39 bits per heavy atom. The van der Waals surface area contributed by atoms with Crippen LogP contribution in [0.2, 0.25) is 5.02 Å². The Morgan fingerprint density at radius 1 is 1.12 bits per heavy atom. The monoisotopic (exact) mass is 478 g/mol. The molecule has 7 rings (SSSR count). The molecule has 2 heterocycles. The van der Waals surface area contributed by atoms with Gasteiger partial charge in [0.25, 0.3) is 5.91 Å². The highest BCUT2D eigenvalue weighted by Gasteiger charge is 2.52. The van der Waals surface area contributed by atoms with Crippen LogP contribution in [0.15, 0.2) is 30.5 Å². The number of anilines is 1. The van der Waals surface area contributed by atoms with Crippen molar-refractivity contribution in [3.05, 3.63) is 46.6 Å². The van der Waals surface area contributed by atoms with Crippen LogP contribution in [0.3, 0.4) is 0 Å². The predicted molar refractivity (Wildman–Crippen MR) is 118 cm³/mol. The van der Waals surface area contributed by atoms with Gasteiger partial charge in [0.2, 0.25) is 0 Å². The van der Waals surface area contributed by atoms with Crippen LogP contribution in [-0.4, -0.2) is 27.4 Å². The molecule has 0 radical (unpaired) electrons. The fraction of sp³-hybridized carbons (Fsp3) is 0.583. The second-order valence-corrected chi connectivity index (χ2v) is 11.0. The predicted octanol–water partition coefficient (Wildman–Crippen LogP) is 5.90. The first-order chi connectivity index (χ1) is 15.7. The van der Waals surface area contributed by atoms with Crippen LogP contribution < -0.4 is 10.6 Å². The summed E-state index contributed by atoms with van der Waals surface area (Å²) in [7, 11) is 0. The third-order valence-corrected chi connectivity index (χ3v) is 8.39. The molecule has 5 aliphatic rings. The fourth-order valence-corrected chi connectivity index (χ4v) is 7.44. The first kappa shape index (κ1) is 21.3. The summed E-state index contributed by atoms with van der Waals surface area (Å²) in [5, 5.41) is 10.9. The Hall–Kier alpha value is -2.22. The molecular weight excluding hydrogens is 453 g/mol. The van der Waals surface area contributed by atoms with Crippen LogP contribution in [-0.2, 0) is 0 Å². The van der Waals surface area contributed by atoms with Crippen molar-refractivity contribution < 1.29 is 18.0 Å². The van der Waals surface area contributed by atoms with E-state index in [0.29, 0.717) is 28.3 Å². The zero-order valence-electron chi connectivity index (χ0n) is 18.0. The first-order valence-electron chi connectivity index (χ1n) is 11.7. The quantitative estimate of drug-likeness (QED) is 0.577. The van der Waals surface area contributed by atoms with Crippen LogP contribution in [0, 0.1) is 17.8 Å². The molecule has 1 amide bonds. The van der Waals surface area contributed by atoms with Gasteiger partial charge in [0.15, 0.2) is 6.04 Å². The average molecular weight is 479 g/mol. The Balaban J connectivity index is 1.32. The summed E-state index contributed by atoms with van der Waals surface area (Å²) in [4.78, 5) is 13.4. The molecule has 4 bridgehead atoms. The van der Waals surface area contributed by atoms with Gasteiger partial charge in [-0.1, -0.05) is 23.7 Å². The molecule has 1 aliphatic heterocycles. The minimum atomic E-state index is -4.49. The molecule has 4 saturated carbocycles. The molecule has 1 aromatic carbocycles. The maximum Gasteiger partial charge on any atom is 0.410 e. The first-order valence-corrected chi connectivity index (χ1v) is 12.1. The average Bonchev–Trinajstić information content (AvgIpc) is 3.15. The number of benzene rings is 1. The van der Waals surface area contributed by atoms with E-state index in [1.807, 2.05) is 0 Å². The summed E-state index contributed by atoms with van der Waals surface area (Å²) >= 11 is 6.09. The van der Waals surface area contributed by atoms with Crippen molar-refractivity contribution in [3.8, 4) is 0 Å². The summed E-state index contributed by atoms with van der Waals surface area (Å²) in [6.07, 6.45) is 3.20. The SMILES string of the molecule is O=C(NC12CC3CC(CC(C3)C1)C2)c1cnn2c1N[C@H](c1cccc(Cl)c1)C[C@@H]2C(F)(F)F. The number of hydrogen-bond acceptors (Lipinski definition) is 3. The van der Waals surface area contributed by atoms with E-state index >= 15 is 0 Å². The number of alkyl halides is 3. The number of aromatic nitrogens is 2. The van der Waals surface area contributed by atoms with Crippen molar-refractivity contribution in [2.45, 2.75) is 68.7 Å². The van der Waals surface area contributed by atoms with Gasteiger partial charge in [-0.3, -0.25) is 4.79 Å². The lowest BCUT2D eigenvalue weighted by molar-refractivity contribution is -0.173. The lowest BCUT2D eigenvalue weighted by Gasteiger charge is -2.56. The van der Waals surface area contributed by atoms with Crippen molar-refractivity contribution in [1.29, 1.82) is 0 Å². The molecular formula is C24H26ClF3N4O. The van der Waals surface area contributed by atoms with Crippen molar-refractivity contribution in [3.63, 3.8) is 0 Å². The molecule has 33 heavy (non-hydrogen) atoms. The van der Waals surface area contributed by atoms with E-state index in [9.17, 15) is 18.0 Å². The number of fused-ring (bicyclic) bond motifs is 1. The van der Waals surface area contributed by atoms with E-state index in [4.69, 9.17) is 11.6 Å². The zero-order chi connectivity index (χ0) is 23.0. The standard InChI is InChI=1S/C24H26ClF3N4O/c25-17-3-1-2-16(7-17)19-8-20(24(26,27)28)32-21(30-19)18(12-29-32)22(33)31-23-9-13-4-14(10-23)6-15(5-13)11-23/h1-3,7,12-15,19-20,30H,4-6,8-11H2,(H,31,33)/t13?,14?,15?,19-,20+,23?/m0/s1. The van der Waals surface area contributed by atoms with Gasteiger partial charge in [0.05, 0.1) is 12.2 Å². The van der Waals surface area contributed by atoms with Crippen molar-refractivity contribution in [1.82, 2.24) is 15.1 Å². The van der Waals surface area contributed by atoms with Crippen LogP contribution in [0.25, 0.3) is 0 Å². The minimum absolute atomic E-state index is 0.121. The molecule has 5 nitrogen and oxygen atoms in total. The Labute approximate surface area is 195 Å². The highest BCUT2D eigenvalue weighted by Crippen LogP contribution is 2.55. The highest BCUT2D eigenvalue weighted by molar-refractivity contribution is 6.30. The molecule has 176 valence electrons. The molecule has 0 saturated heterocycles. The largest absolute Gasteiger partial charge is 0.410 e. The second-order valence-electron chi connectivity index (χ2n) is 10.5. The number of hydrogen-bond donors (Lipinski definition) is 2. The number of halogens is 4. The molecule has 2 aromatic rings. The number of rotatable bonds is 3. The van der Waals surface area contributed by atoms with Crippen LogP contribution >= 0.6 is 11.6 Å². The highest BCUT2D eigenvalue weighted by atomic mass is 35.5. The molecule has 9 heteroatoms. The number of carbonyl (C=O) groups is 1. The second kappa shape index (κ2) is 7.39. The Morgan fingerprint density at radius 2 is 1.79 bits per heavy atom. The minimum Gasteiger partial charge on any atom is -0.363 e. The molecule has 0 spiro atoms. The number of amides is 1. The van der Waals surface area contributed by atoms with Gasteiger partial charge >= 0.3 is 6.18 Å². The maximum atomic E-state index is 14.0. The third-order valence-electron chi connectivity index (χ3n) is 8.15. The molecule has 2 N–H and O–H groups in total. The number of carbonyl (C=O) groups excluding carboxylic acids is 1. The van der Waals surface area contributed by atoms with E-state index in [1.54, 1.807) is 24.3 Å². The summed E-state index contributed by atoms with van der Waals surface area (Å²) < 4.78 is 42.8. The normalized spacial score (nSPS) is 34.6. The Kier molecular flexibility index (Phi) is 4.77. The third kappa shape index (κ3) is 3.70. The molecule has 0 unspecified atom stereocenters. The van der Waals surface area contributed by atoms with Gasteiger partial charge in [-0.05, 0) is 74.0 Å². The van der Waals surface area contributed by atoms with E-state index in [2.05, 4.69) is 15.7 Å². The van der Waals surface area contributed by atoms with Crippen molar-refractivity contribution in [2.75, 3.05) is 5.32 Å². The van der Waals surface area contributed by atoms with Gasteiger partial charge in [-0.25, -0.2) is 4.68 Å². The molecule has 1 aromatic heterocycles. The zero-order valence-corrected chi connectivity index (χ0v) is 18.8. The number of nitrogens with one attached hydrogen (secondary N) is 2. The van der Waals surface area contributed by atoms with E-state index in [1.165, 1.54) is 25.5 Å². The van der Waals surface area contributed by atoms with Crippen LogP contribution in [0.1, 0.15) is 73.0 Å². The van der Waals surface area contributed by atoms with Gasteiger partial charge in [-0.2, -0.15) is 18.3 Å². The smallest absolute Gasteiger partial charge is 0.363 e. The number of nitrogens with zero attached hydrogens (tertiary/aromatic N) is 2. The summed E-state index contributed by atoms with van der Waals surface area (Å²) in [5.41, 5.74) is 0.592. The van der Waals surface area contributed by atoms with Gasteiger partial charge in [0.1, 0.15) is 11.4 Å². The summed E-state index contributed by atoms with van der Waals surface area (Å²) in [5.74, 6) is 1.74. The van der Waals surface area contributed by atoms with Crippen molar-refractivity contribution >= 4 is 23.3 Å². The molecule has 4 aliphatic carbocycles. The molecule has 2 atom stereocenters. The lowest BCUT2D eigenvalue weighted by atomic mass is 9.53. The molecule has 4 fully saturated rings. The lowest BCUT2D eigenvalue weighted by Crippen LogP contribution is -2.59. The van der Waals surface area contributed by atoms with E-state index in [-0.39, 0.29) is 29.2 Å². The van der Waals surface area contributed by atoms with E-state index < -0.39 is 18.3 Å². The fourth-order valence-electron chi connectivity index (χ4n) is 7.24. The van der Waals surface area contributed by atoms with Gasteiger partial charge < -0.3 is 10.6 Å². The summed E-state index contributed by atoms with van der Waals surface area (Å²) in [6.45, 7) is 0. The van der Waals surface area contributed by atoms with E-state index in [0.717, 1.165) is 23.9 Å².